The van der Waals surface area contributed by atoms with Crippen LogP contribution in [0.25, 0.3) is 0 Å². The SMILES string of the molecule is C=CC(=O)OCC(=O)OCC(C)(COC(=O)COC(=O)C=C)COC(=O)COC(=O)C=C.C=CC(=O)OCC(C)(COC(=O)C=C)COC(=O)C=C.C=CC(=O)OCCOCC(C)OCC(C)(COC(C)COCCOC(=O)C=C)COC(C)COCCOC(=O)C=C. The monoisotopic (exact) mass is 1330 g/mol. The molecule has 0 rings (SSSR count). The van der Waals surface area contributed by atoms with Gasteiger partial charge in [0, 0.05) is 60.1 Å². The fourth-order valence-electron chi connectivity index (χ4n) is 5.45. The van der Waals surface area contributed by atoms with Gasteiger partial charge in [-0.2, -0.15) is 0 Å². The zero-order chi connectivity index (χ0) is 71.1. The lowest BCUT2D eigenvalue weighted by Gasteiger charge is -2.32. The molecule has 0 aromatic carbocycles. The Morgan fingerprint density at radius 1 is 0.269 bits per heavy atom. The fourth-order valence-corrected chi connectivity index (χ4v) is 5.45. The maximum atomic E-state index is 11.7. The molecular formula is C63H90O30. The van der Waals surface area contributed by atoms with E-state index in [4.69, 9.17) is 71.1 Å². The summed E-state index contributed by atoms with van der Waals surface area (Å²) in [5, 5.41) is 0. The van der Waals surface area contributed by atoms with Gasteiger partial charge in [-0.3, -0.25) is 0 Å². The Hall–Kier alpha value is -8.94. The van der Waals surface area contributed by atoms with Crippen molar-refractivity contribution >= 4 is 71.6 Å². The summed E-state index contributed by atoms with van der Waals surface area (Å²) in [5.41, 5.74) is -2.65. The van der Waals surface area contributed by atoms with E-state index in [9.17, 15) is 57.5 Å². The van der Waals surface area contributed by atoms with Crippen LogP contribution < -0.4 is 0 Å². The number of carbonyl (C=O) groups excluding carboxylic acids is 12. The van der Waals surface area contributed by atoms with Crippen LogP contribution in [0.2, 0.25) is 0 Å². The van der Waals surface area contributed by atoms with E-state index >= 15 is 0 Å². The van der Waals surface area contributed by atoms with E-state index < -0.39 is 128 Å². The average molecular weight is 1330 g/mol. The van der Waals surface area contributed by atoms with Crippen LogP contribution in [0.5, 0.6) is 0 Å². The van der Waals surface area contributed by atoms with E-state index in [0.29, 0.717) is 39.6 Å². The van der Waals surface area contributed by atoms with Crippen molar-refractivity contribution in [2.24, 2.45) is 16.2 Å². The van der Waals surface area contributed by atoms with E-state index in [1.54, 1.807) is 6.92 Å². The van der Waals surface area contributed by atoms with Crippen molar-refractivity contribution in [3.05, 3.63) is 114 Å². The van der Waals surface area contributed by atoms with Crippen LogP contribution in [-0.2, 0) is 143 Å². The summed E-state index contributed by atoms with van der Waals surface area (Å²) in [6.45, 7) is 39.4. The molecule has 0 bridgehead atoms. The first-order valence-corrected chi connectivity index (χ1v) is 28.1. The van der Waals surface area contributed by atoms with Gasteiger partial charge in [-0.15, -0.1) is 0 Å². The Balaban J connectivity index is -0.00000138. The van der Waals surface area contributed by atoms with Crippen molar-refractivity contribution in [1.29, 1.82) is 0 Å². The molecule has 3 unspecified atom stereocenters. The average Bonchev–Trinajstić information content (AvgIpc) is 1.58. The zero-order valence-electron chi connectivity index (χ0n) is 53.9. The van der Waals surface area contributed by atoms with Gasteiger partial charge in [0.25, 0.3) is 0 Å². The topological polar surface area (TPSA) is 371 Å². The molecule has 0 aromatic rings. The molecule has 30 nitrogen and oxygen atoms in total. The van der Waals surface area contributed by atoms with Crippen molar-refractivity contribution in [1.82, 2.24) is 0 Å². The molecule has 0 aliphatic heterocycles. The molecule has 0 radical (unpaired) electrons. The Morgan fingerprint density at radius 2 is 0.452 bits per heavy atom. The smallest absolute Gasteiger partial charge is 0.344 e. The lowest BCUT2D eigenvalue weighted by molar-refractivity contribution is -0.170. The Kier molecular flexibility index (Phi) is 51.0. The summed E-state index contributed by atoms with van der Waals surface area (Å²) in [7, 11) is 0. The third-order valence-corrected chi connectivity index (χ3v) is 10.6. The molecule has 30 heteroatoms. The number of esters is 12. The summed E-state index contributed by atoms with van der Waals surface area (Å²) < 4.78 is 92.5. The fraction of sp³-hybridized carbons (Fsp3) is 0.524. The zero-order valence-corrected chi connectivity index (χ0v) is 53.9. The third-order valence-electron chi connectivity index (χ3n) is 10.6. The first kappa shape index (κ1) is 88.3. The molecule has 0 spiro atoms. The number of hydrogen-bond donors (Lipinski definition) is 0. The summed E-state index contributed by atoms with van der Waals surface area (Å²) in [5.74, 6) is -8.66. The number of ether oxygens (including phenoxy) is 18. The van der Waals surface area contributed by atoms with Crippen molar-refractivity contribution in [2.45, 2.75) is 59.9 Å². The predicted octanol–water partition coefficient (Wildman–Crippen LogP) is 3.44. The third kappa shape index (κ3) is 52.4. The molecule has 522 valence electrons. The molecule has 0 saturated carbocycles. The largest absolute Gasteiger partial charge is 0.462 e. The number of rotatable bonds is 51. The molecule has 0 aromatic heterocycles. The Labute approximate surface area is 541 Å². The number of hydrogen-bond acceptors (Lipinski definition) is 30. The molecule has 93 heavy (non-hydrogen) atoms. The highest BCUT2D eigenvalue weighted by Crippen LogP contribution is 2.23. The van der Waals surface area contributed by atoms with Crippen molar-refractivity contribution < 1.29 is 143 Å². The van der Waals surface area contributed by atoms with Gasteiger partial charge in [-0.25, -0.2) is 57.5 Å². The van der Waals surface area contributed by atoms with Crippen molar-refractivity contribution in [2.75, 3.05) is 139 Å². The highest BCUT2D eigenvalue weighted by Gasteiger charge is 2.33. The molecule has 0 amide bonds. The van der Waals surface area contributed by atoms with Crippen molar-refractivity contribution in [3.8, 4) is 0 Å². The molecule has 0 aliphatic carbocycles. The first-order valence-electron chi connectivity index (χ1n) is 28.1. The van der Waals surface area contributed by atoms with Crippen LogP contribution in [0.4, 0.5) is 0 Å². The molecular weight excluding hydrogens is 1240 g/mol. The van der Waals surface area contributed by atoms with Crippen LogP contribution in [0.3, 0.4) is 0 Å². The van der Waals surface area contributed by atoms with Crippen LogP contribution in [-0.4, -0.2) is 229 Å². The van der Waals surface area contributed by atoms with E-state index in [0.717, 1.165) is 54.7 Å². The summed E-state index contributed by atoms with van der Waals surface area (Å²) in [4.78, 5) is 135. The van der Waals surface area contributed by atoms with Gasteiger partial charge >= 0.3 is 71.6 Å². The second-order valence-electron chi connectivity index (χ2n) is 20.0. The van der Waals surface area contributed by atoms with Crippen LogP contribution in [0, 0.1) is 16.2 Å². The van der Waals surface area contributed by atoms with Gasteiger partial charge in [0.15, 0.2) is 19.8 Å². The molecule has 3 atom stereocenters. The Morgan fingerprint density at radius 3 is 0.667 bits per heavy atom. The van der Waals surface area contributed by atoms with Gasteiger partial charge in [0.05, 0.1) is 88.6 Å². The lowest BCUT2D eigenvalue weighted by Crippen LogP contribution is -2.39. The van der Waals surface area contributed by atoms with Gasteiger partial charge in [0.1, 0.15) is 59.5 Å². The molecule has 0 saturated heterocycles. The van der Waals surface area contributed by atoms with E-state index in [1.807, 2.05) is 27.7 Å². The maximum absolute atomic E-state index is 11.7. The van der Waals surface area contributed by atoms with Gasteiger partial charge in [0.2, 0.25) is 0 Å². The second-order valence-corrected chi connectivity index (χ2v) is 20.0. The lowest BCUT2D eigenvalue weighted by atomic mass is 9.94. The van der Waals surface area contributed by atoms with Gasteiger partial charge in [-0.1, -0.05) is 66.1 Å². The quantitative estimate of drug-likeness (QED) is 0.0364. The van der Waals surface area contributed by atoms with E-state index in [-0.39, 0.29) is 77.8 Å². The van der Waals surface area contributed by atoms with Crippen LogP contribution in [0.15, 0.2) is 114 Å². The minimum Gasteiger partial charge on any atom is -0.462 e. The molecule has 0 fully saturated rings. The minimum absolute atomic E-state index is 0.104. The van der Waals surface area contributed by atoms with Crippen LogP contribution >= 0.6 is 0 Å². The van der Waals surface area contributed by atoms with Gasteiger partial charge in [-0.05, 0) is 34.6 Å². The summed E-state index contributed by atoms with van der Waals surface area (Å²) >= 11 is 0. The van der Waals surface area contributed by atoms with E-state index in [2.05, 4.69) is 73.4 Å². The molecule has 0 N–H and O–H groups in total. The normalized spacial score (nSPS) is 12.1. The predicted molar refractivity (Wildman–Crippen MR) is 326 cm³/mol. The van der Waals surface area contributed by atoms with Crippen LogP contribution in [0.1, 0.15) is 41.5 Å². The summed E-state index contributed by atoms with van der Waals surface area (Å²) in [6, 6.07) is 0. The van der Waals surface area contributed by atoms with Crippen molar-refractivity contribution in [3.63, 3.8) is 0 Å². The maximum Gasteiger partial charge on any atom is 0.344 e. The Bertz CT molecular complexity index is 2190. The highest BCUT2D eigenvalue weighted by atomic mass is 16.6. The molecule has 0 heterocycles. The number of carbonyl (C=O) groups is 12. The first-order chi connectivity index (χ1) is 44.0. The van der Waals surface area contributed by atoms with E-state index in [1.165, 1.54) is 6.92 Å². The summed E-state index contributed by atoms with van der Waals surface area (Å²) in [6.07, 6.45) is 8.17. The van der Waals surface area contributed by atoms with Gasteiger partial charge < -0.3 is 85.3 Å². The second kappa shape index (κ2) is 53.7. The molecule has 0 aliphatic rings. The minimum atomic E-state index is -1.26. The highest BCUT2D eigenvalue weighted by molar-refractivity contribution is 5.86. The standard InChI is InChI=1S/C29H48O12.C20H24O12.C14H18O6/c1-8-26(30)36-14-11-33-17-23(4)39-20-29(7,21-40-24(5)18-34-12-15-37-27(31)9-2)22-41-25(6)19-35-13-16-38-28(32)10-3;1-5-14(21)27-8-17(24)30-11-20(4,12-31-18(25)9-28-15(22)6-2)13-32-19(26)10-29-16(23)7-3;1-5-11(15)18-8-14(4,9-19-12(16)6-2)10-20-13(17)7-3/h8-10,23-25H,1-3,11-22H2,4-7H3;5-7H,1-3,8-13H2,4H3;5-7H,1-3,8-10H2,4H3.